The van der Waals surface area contributed by atoms with Crippen molar-refractivity contribution < 1.29 is 18.1 Å². The number of aromatic nitrogens is 9. The average Bonchev–Trinajstić information content (AvgIpc) is 3.55. The summed E-state index contributed by atoms with van der Waals surface area (Å²) in [5, 5.41) is 6.39. The molecule has 0 fully saturated rings. The number of amides is 1. The number of rotatable bonds is 7. The Morgan fingerprint density at radius 1 is 1.17 bits per heavy atom. The van der Waals surface area contributed by atoms with E-state index in [4.69, 9.17) is 4.52 Å². The van der Waals surface area contributed by atoms with Gasteiger partial charge < -0.3 is 14.4 Å². The Bertz CT molecular complexity index is 1920. The summed E-state index contributed by atoms with van der Waals surface area (Å²) in [6, 6.07) is 1.71. The van der Waals surface area contributed by atoms with Gasteiger partial charge in [0.05, 0.1) is 12.9 Å². The average molecular weight is 567 g/mol. The summed E-state index contributed by atoms with van der Waals surface area (Å²) in [5.41, 5.74) is -1.08. The quantitative estimate of drug-likeness (QED) is 0.308. The summed E-state index contributed by atoms with van der Waals surface area (Å²) < 4.78 is 36.4. The second kappa shape index (κ2) is 10.1. The Morgan fingerprint density at radius 3 is 2.61 bits per heavy atom. The maximum absolute atomic E-state index is 14.0. The molecule has 41 heavy (non-hydrogen) atoms. The number of carbonyl (C=O) groups excluding carboxylic acids is 1. The molecule has 5 heterocycles. The van der Waals surface area contributed by atoms with Crippen LogP contribution in [0.15, 0.2) is 45.0 Å². The Kier molecular flexibility index (Phi) is 6.76. The lowest BCUT2D eigenvalue weighted by molar-refractivity contribution is -0.118. The molecule has 5 rings (SSSR count). The highest BCUT2D eigenvalue weighted by molar-refractivity contribution is 5.93. The first-order valence-electron chi connectivity index (χ1n) is 12.3. The molecular formula is C25H24F2N10O4. The normalized spacial score (nSPS) is 12.6. The molecule has 5 aromatic rings. The van der Waals surface area contributed by atoms with Crippen molar-refractivity contribution in [3.05, 3.63) is 74.7 Å². The Labute approximate surface area is 229 Å². The van der Waals surface area contributed by atoms with Gasteiger partial charge in [-0.25, -0.2) is 28.5 Å². The number of pyridine rings is 1. The maximum atomic E-state index is 14.0. The first kappa shape index (κ1) is 27.4. The monoisotopic (exact) mass is 566 g/mol. The number of aryl methyl sites for hydroxylation is 3. The number of imidazole rings is 1. The fourth-order valence-corrected chi connectivity index (χ4v) is 4.29. The topological polar surface area (TPSA) is 169 Å². The summed E-state index contributed by atoms with van der Waals surface area (Å²) in [6.07, 6.45) is 4.03. The standard InChI is InChI=1S/C25H24F2N10O4/c1-12-16(25(4,26)27)8-15(9-29-12)20-28-7-6-17(32-20)33-22(38)13(2)37-11-30-21-19(37)23(39)36(24(40)35(21)5)10-18-31-14(3)41-34-18/h6-9,11,13H,10H2,1-5H3,(H,28,32,33,38)/t13-/m0/s1. The van der Waals surface area contributed by atoms with Crippen molar-refractivity contribution in [1.82, 2.24) is 43.8 Å². The van der Waals surface area contributed by atoms with Crippen LogP contribution < -0.4 is 16.6 Å². The van der Waals surface area contributed by atoms with Crippen LogP contribution in [0.2, 0.25) is 0 Å². The lowest BCUT2D eigenvalue weighted by atomic mass is 10.1. The van der Waals surface area contributed by atoms with Crippen LogP contribution in [0.1, 0.15) is 42.9 Å². The van der Waals surface area contributed by atoms with Gasteiger partial charge >= 0.3 is 5.69 Å². The zero-order valence-electron chi connectivity index (χ0n) is 22.6. The van der Waals surface area contributed by atoms with E-state index in [0.29, 0.717) is 0 Å². The molecule has 212 valence electrons. The van der Waals surface area contributed by atoms with Crippen molar-refractivity contribution >= 4 is 22.9 Å². The third-order valence-corrected chi connectivity index (χ3v) is 6.45. The van der Waals surface area contributed by atoms with Crippen LogP contribution in [0.5, 0.6) is 0 Å². The molecule has 0 saturated heterocycles. The van der Waals surface area contributed by atoms with E-state index < -0.39 is 29.1 Å². The van der Waals surface area contributed by atoms with E-state index in [9.17, 15) is 23.2 Å². The van der Waals surface area contributed by atoms with Gasteiger partial charge in [-0.2, -0.15) is 4.98 Å². The Balaban J connectivity index is 1.45. The minimum Gasteiger partial charge on any atom is -0.340 e. The van der Waals surface area contributed by atoms with E-state index in [0.717, 1.165) is 11.5 Å². The number of nitrogens with zero attached hydrogens (tertiary/aromatic N) is 9. The fourth-order valence-electron chi connectivity index (χ4n) is 4.29. The van der Waals surface area contributed by atoms with Crippen molar-refractivity contribution in [2.75, 3.05) is 5.32 Å². The second-order valence-corrected chi connectivity index (χ2v) is 9.46. The van der Waals surface area contributed by atoms with E-state index in [2.05, 4.69) is 35.4 Å². The molecule has 1 atom stereocenters. The highest BCUT2D eigenvalue weighted by Crippen LogP contribution is 2.31. The van der Waals surface area contributed by atoms with E-state index in [1.165, 1.54) is 60.9 Å². The number of carbonyl (C=O) groups is 1. The molecule has 0 saturated carbocycles. The molecule has 0 aliphatic rings. The molecule has 1 amide bonds. The van der Waals surface area contributed by atoms with Crippen LogP contribution >= 0.6 is 0 Å². The van der Waals surface area contributed by atoms with Crippen molar-refractivity contribution in [2.24, 2.45) is 7.05 Å². The first-order chi connectivity index (χ1) is 19.3. The highest BCUT2D eigenvalue weighted by atomic mass is 19.3. The Morgan fingerprint density at radius 2 is 1.93 bits per heavy atom. The molecule has 0 aromatic carbocycles. The van der Waals surface area contributed by atoms with Gasteiger partial charge in [-0.3, -0.25) is 23.7 Å². The van der Waals surface area contributed by atoms with Crippen molar-refractivity contribution in [3.8, 4) is 11.4 Å². The van der Waals surface area contributed by atoms with E-state index >= 15 is 0 Å². The predicted molar refractivity (Wildman–Crippen MR) is 140 cm³/mol. The zero-order chi connectivity index (χ0) is 29.6. The summed E-state index contributed by atoms with van der Waals surface area (Å²) >= 11 is 0. The lowest BCUT2D eigenvalue weighted by Gasteiger charge is -2.16. The van der Waals surface area contributed by atoms with Crippen molar-refractivity contribution in [1.29, 1.82) is 0 Å². The Hall–Kier alpha value is -5.15. The third-order valence-electron chi connectivity index (χ3n) is 6.45. The van der Waals surface area contributed by atoms with Gasteiger partial charge in [0.25, 0.3) is 11.5 Å². The van der Waals surface area contributed by atoms with Gasteiger partial charge in [0, 0.05) is 50.1 Å². The number of fused-ring (bicyclic) bond motifs is 1. The molecule has 1 N–H and O–H groups in total. The minimum absolute atomic E-state index is 0.0112. The number of halogens is 2. The molecule has 0 aliphatic heterocycles. The minimum atomic E-state index is -3.12. The SMILES string of the molecule is Cc1nc(Cn2c(=O)c3c(ncn3[C@@H](C)C(=O)Nc3ccnc(-c4cnc(C)c(C(C)(F)F)c4)n3)n(C)c2=O)no1. The smallest absolute Gasteiger partial charge is 0.332 e. The van der Waals surface area contributed by atoms with E-state index in [1.807, 2.05) is 0 Å². The van der Waals surface area contributed by atoms with Crippen LogP contribution in [0.3, 0.4) is 0 Å². The molecule has 16 heteroatoms. The highest BCUT2D eigenvalue weighted by Gasteiger charge is 2.28. The van der Waals surface area contributed by atoms with E-state index in [-0.39, 0.29) is 57.9 Å². The fraction of sp³-hybridized carbons (Fsp3) is 0.320. The molecule has 0 aliphatic carbocycles. The number of hydrogen-bond donors (Lipinski definition) is 1. The van der Waals surface area contributed by atoms with E-state index in [1.54, 1.807) is 6.92 Å². The second-order valence-electron chi connectivity index (χ2n) is 9.46. The van der Waals surface area contributed by atoms with Gasteiger partial charge in [0.15, 0.2) is 22.8 Å². The molecule has 0 unspecified atom stereocenters. The summed E-state index contributed by atoms with van der Waals surface area (Å²) in [4.78, 5) is 60.2. The van der Waals surface area contributed by atoms with Gasteiger partial charge in [-0.1, -0.05) is 5.16 Å². The van der Waals surface area contributed by atoms with Gasteiger partial charge in [-0.15, -0.1) is 0 Å². The van der Waals surface area contributed by atoms with Crippen molar-refractivity contribution in [3.63, 3.8) is 0 Å². The first-order valence-corrected chi connectivity index (χ1v) is 12.3. The molecular weight excluding hydrogens is 542 g/mol. The van der Waals surface area contributed by atoms with Crippen LogP contribution in [-0.2, 0) is 24.3 Å². The number of nitrogens with one attached hydrogen (secondary N) is 1. The van der Waals surface area contributed by atoms with Gasteiger partial charge in [-0.05, 0) is 26.0 Å². The summed E-state index contributed by atoms with van der Waals surface area (Å²) in [7, 11) is 1.45. The number of alkyl halides is 2. The molecule has 0 spiro atoms. The van der Waals surface area contributed by atoms with Crippen LogP contribution in [-0.4, -0.2) is 49.7 Å². The largest absolute Gasteiger partial charge is 0.340 e. The van der Waals surface area contributed by atoms with Crippen molar-refractivity contribution in [2.45, 2.75) is 46.2 Å². The summed E-state index contributed by atoms with van der Waals surface area (Å²) in [5.74, 6) is -3.10. The van der Waals surface area contributed by atoms with Crippen LogP contribution in [0.25, 0.3) is 22.6 Å². The number of anilines is 1. The molecule has 0 radical (unpaired) electrons. The molecule has 5 aromatic heterocycles. The van der Waals surface area contributed by atoms with Crippen LogP contribution in [0.4, 0.5) is 14.6 Å². The predicted octanol–water partition coefficient (Wildman–Crippen LogP) is 2.11. The lowest BCUT2D eigenvalue weighted by Crippen LogP contribution is -2.40. The third kappa shape index (κ3) is 5.10. The molecule has 0 bridgehead atoms. The van der Waals surface area contributed by atoms with Crippen LogP contribution in [0, 0.1) is 13.8 Å². The number of hydrogen-bond acceptors (Lipinski definition) is 10. The van der Waals surface area contributed by atoms with Gasteiger partial charge in [0.1, 0.15) is 11.9 Å². The zero-order valence-corrected chi connectivity index (χ0v) is 22.6. The summed E-state index contributed by atoms with van der Waals surface area (Å²) in [6.45, 7) is 5.13. The van der Waals surface area contributed by atoms with Gasteiger partial charge in [0.2, 0.25) is 11.8 Å². The maximum Gasteiger partial charge on any atom is 0.332 e. The molecule has 14 nitrogen and oxygen atoms in total.